The topological polar surface area (TPSA) is 62.6 Å². The first-order valence-corrected chi connectivity index (χ1v) is 9.14. The van der Waals surface area contributed by atoms with Crippen LogP contribution in [-0.4, -0.2) is 32.4 Å². The summed E-state index contributed by atoms with van der Waals surface area (Å²) in [5.41, 5.74) is 1.93. The minimum atomic E-state index is 0.0790. The third-order valence-electron chi connectivity index (χ3n) is 3.78. The zero-order valence-electron chi connectivity index (χ0n) is 13.4. The average molecular weight is 360 g/mol. The molecule has 0 atom stereocenters. The van der Waals surface area contributed by atoms with Crippen molar-refractivity contribution in [2.24, 2.45) is 0 Å². The summed E-state index contributed by atoms with van der Waals surface area (Å²) in [6.07, 6.45) is 0.702. The zero-order valence-corrected chi connectivity index (χ0v) is 15.0. The molecular weight excluding hydrogens is 344 g/mol. The van der Waals surface area contributed by atoms with Crippen LogP contribution < -0.4 is 14.4 Å². The van der Waals surface area contributed by atoms with E-state index in [1.54, 1.807) is 25.2 Å². The molecule has 3 rings (SSSR count). The van der Waals surface area contributed by atoms with Gasteiger partial charge in [-0.3, -0.25) is 4.79 Å². The van der Waals surface area contributed by atoms with E-state index in [0.29, 0.717) is 35.1 Å². The lowest BCUT2D eigenvalue weighted by Gasteiger charge is -2.26. The van der Waals surface area contributed by atoms with Gasteiger partial charge in [0.25, 0.3) is 0 Å². The summed E-state index contributed by atoms with van der Waals surface area (Å²) >= 11 is 2.95. The Hall–Kier alpha value is -2.17. The fourth-order valence-electron chi connectivity index (χ4n) is 2.57. The lowest BCUT2D eigenvalue weighted by molar-refractivity contribution is -0.116. The summed E-state index contributed by atoms with van der Waals surface area (Å²) in [6, 6.07) is 9.73. The number of hydrogen-bond acceptors (Lipinski definition) is 6. The number of methoxy groups -OCH3 is 2. The summed E-state index contributed by atoms with van der Waals surface area (Å²) in [6.45, 7) is 0.573. The number of thiophene rings is 1. The molecule has 5 nitrogen and oxygen atoms in total. The van der Waals surface area contributed by atoms with E-state index in [-0.39, 0.29) is 5.91 Å². The van der Waals surface area contributed by atoms with Crippen LogP contribution in [0.2, 0.25) is 0 Å². The lowest BCUT2D eigenvalue weighted by atomic mass is 10.1. The number of nitriles is 1. The highest BCUT2D eigenvalue weighted by Gasteiger charge is 2.27. The smallest absolute Gasteiger partial charge is 0.237 e. The van der Waals surface area contributed by atoms with Crippen molar-refractivity contribution >= 4 is 34.7 Å². The number of fused-ring (bicyclic) bond motifs is 1. The van der Waals surface area contributed by atoms with Crippen LogP contribution >= 0.6 is 23.1 Å². The van der Waals surface area contributed by atoms with Crippen molar-refractivity contribution < 1.29 is 14.3 Å². The number of nitrogens with zero attached hydrogens (tertiary/aromatic N) is 2. The molecule has 1 aliphatic heterocycles. The SMILES string of the molecule is COc1ccc(CCN2C(=O)CSc3sc(C#N)cc32)cc1OC. The second-order valence-electron chi connectivity index (χ2n) is 5.17. The number of carbonyl (C=O) groups excluding carboxylic acids is 1. The van der Waals surface area contributed by atoms with E-state index >= 15 is 0 Å². The Bertz CT molecular complexity index is 811. The van der Waals surface area contributed by atoms with Gasteiger partial charge in [-0.2, -0.15) is 5.26 Å². The molecule has 0 fully saturated rings. The van der Waals surface area contributed by atoms with Crippen LogP contribution in [0.4, 0.5) is 5.69 Å². The molecule has 0 radical (unpaired) electrons. The van der Waals surface area contributed by atoms with E-state index in [4.69, 9.17) is 14.7 Å². The van der Waals surface area contributed by atoms with E-state index in [1.165, 1.54) is 23.1 Å². The molecule has 0 saturated carbocycles. The maximum Gasteiger partial charge on any atom is 0.237 e. The normalized spacial score (nSPS) is 13.4. The highest BCUT2D eigenvalue weighted by molar-refractivity contribution is 8.02. The molecule has 0 N–H and O–H groups in total. The van der Waals surface area contributed by atoms with Crippen LogP contribution in [-0.2, 0) is 11.2 Å². The Labute approximate surface area is 148 Å². The first-order valence-electron chi connectivity index (χ1n) is 7.34. The Morgan fingerprint density at radius 2 is 2.04 bits per heavy atom. The highest BCUT2D eigenvalue weighted by Crippen LogP contribution is 2.42. The molecule has 1 aromatic heterocycles. The van der Waals surface area contributed by atoms with E-state index in [2.05, 4.69) is 6.07 Å². The summed E-state index contributed by atoms with van der Waals surface area (Å²) in [5.74, 6) is 1.86. The van der Waals surface area contributed by atoms with Gasteiger partial charge in [-0.1, -0.05) is 6.07 Å². The molecule has 1 amide bonds. The van der Waals surface area contributed by atoms with Crippen LogP contribution in [0.1, 0.15) is 10.4 Å². The highest BCUT2D eigenvalue weighted by atomic mass is 32.2. The molecule has 2 aromatic rings. The van der Waals surface area contributed by atoms with Crippen LogP contribution in [0.5, 0.6) is 11.5 Å². The van der Waals surface area contributed by atoms with Crippen molar-refractivity contribution in [3.8, 4) is 17.6 Å². The molecule has 24 heavy (non-hydrogen) atoms. The maximum atomic E-state index is 12.3. The monoisotopic (exact) mass is 360 g/mol. The van der Waals surface area contributed by atoms with Crippen LogP contribution in [0.15, 0.2) is 28.5 Å². The Kier molecular flexibility index (Phi) is 4.97. The van der Waals surface area contributed by atoms with Gasteiger partial charge < -0.3 is 14.4 Å². The number of benzene rings is 1. The number of thioether (sulfide) groups is 1. The van der Waals surface area contributed by atoms with Gasteiger partial charge in [0.05, 0.1) is 29.9 Å². The van der Waals surface area contributed by atoms with Gasteiger partial charge in [0.15, 0.2) is 11.5 Å². The Morgan fingerprint density at radius 3 is 2.75 bits per heavy atom. The van der Waals surface area contributed by atoms with Crippen LogP contribution in [0.3, 0.4) is 0 Å². The van der Waals surface area contributed by atoms with Crippen molar-refractivity contribution in [3.63, 3.8) is 0 Å². The van der Waals surface area contributed by atoms with Gasteiger partial charge in [-0.25, -0.2) is 0 Å². The molecule has 0 spiro atoms. The van der Waals surface area contributed by atoms with E-state index in [1.807, 2.05) is 18.2 Å². The van der Waals surface area contributed by atoms with Gasteiger partial charge in [-0.15, -0.1) is 23.1 Å². The lowest BCUT2D eigenvalue weighted by Crippen LogP contribution is -2.36. The molecule has 0 bridgehead atoms. The third kappa shape index (κ3) is 3.21. The molecule has 2 heterocycles. The van der Waals surface area contributed by atoms with Gasteiger partial charge in [0.2, 0.25) is 5.91 Å². The largest absolute Gasteiger partial charge is 0.493 e. The number of amides is 1. The second-order valence-corrected chi connectivity index (χ2v) is 7.46. The van der Waals surface area contributed by atoms with Gasteiger partial charge in [0.1, 0.15) is 10.9 Å². The predicted octanol–water partition coefficient (Wildman–Crippen LogP) is 3.32. The fraction of sp³-hybridized carbons (Fsp3) is 0.294. The maximum absolute atomic E-state index is 12.3. The molecule has 0 saturated heterocycles. The second kappa shape index (κ2) is 7.16. The van der Waals surface area contributed by atoms with Crippen molar-refractivity contribution in [1.29, 1.82) is 5.26 Å². The number of anilines is 1. The minimum Gasteiger partial charge on any atom is -0.493 e. The van der Waals surface area contributed by atoms with E-state index in [9.17, 15) is 4.79 Å². The van der Waals surface area contributed by atoms with Crippen LogP contribution in [0, 0.1) is 11.3 Å². The Morgan fingerprint density at radius 1 is 1.25 bits per heavy atom. The molecule has 124 valence electrons. The van der Waals surface area contributed by atoms with Gasteiger partial charge in [-0.05, 0) is 30.2 Å². The summed E-state index contributed by atoms with van der Waals surface area (Å²) in [7, 11) is 3.21. The number of hydrogen-bond donors (Lipinski definition) is 0. The number of ether oxygens (including phenoxy) is 2. The van der Waals surface area contributed by atoms with Crippen molar-refractivity contribution in [1.82, 2.24) is 0 Å². The van der Waals surface area contributed by atoms with Gasteiger partial charge >= 0.3 is 0 Å². The summed E-state index contributed by atoms with van der Waals surface area (Å²) < 4.78 is 11.6. The first kappa shape index (κ1) is 16.7. The quantitative estimate of drug-likeness (QED) is 0.818. The molecule has 1 aliphatic rings. The predicted molar refractivity (Wildman–Crippen MR) is 95.4 cm³/mol. The summed E-state index contributed by atoms with van der Waals surface area (Å²) in [4.78, 5) is 14.7. The first-order chi connectivity index (χ1) is 11.7. The molecule has 0 aliphatic carbocycles. The standard InChI is InChI=1S/C17H16N2O3S2/c1-21-14-4-3-11(7-15(14)22-2)5-6-19-13-8-12(9-18)24-17(13)23-10-16(19)20/h3-4,7-8H,5-6,10H2,1-2H3. The summed E-state index contributed by atoms with van der Waals surface area (Å²) in [5, 5.41) is 9.08. The van der Waals surface area contributed by atoms with E-state index < -0.39 is 0 Å². The van der Waals surface area contributed by atoms with E-state index in [0.717, 1.165) is 15.5 Å². The number of rotatable bonds is 5. The number of carbonyl (C=O) groups is 1. The van der Waals surface area contributed by atoms with Gasteiger partial charge in [0, 0.05) is 6.54 Å². The molecule has 1 aromatic carbocycles. The van der Waals surface area contributed by atoms with Crippen molar-refractivity contribution in [2.45, 2.75) is 10.6 Å². The Balaban J connectivity index is 1.78. The third-order valence-corrected chi connectivity index (χ3v) is 6.07. The fourth-order valence-corrected chi connectivity index (χ4v) is 4.67. The molecule has 7 heteroatoms. The van der Waals surface area contributed by atoms with Crippen molar-refractivity contribution in [2.75, 3.05) is 31.4 Å². The minimum absolute atomic E-state index is 0.0790. The zero-order chi connectivity index (χ0) is 17.1. The van der Waals surface area contributed by atoms with Crippen molar-refractivity contribution in [3.05, 3.63) is 34.7 Å². The molecular formula is C17H16N2O3S2. The van der Waals surface area contributed by atoms with Crippen LogP contribution in [0.25, 0.3) is 0 Å². The molecule has 0 unspecified atom stereocenters. The average Bonchev–Trinajstić information content (AvgIpc) is 3.04.